The highest BCUT2D eigenvalue weighted by atomic mass is 16.5. The molecule has 0 bridgehead atoms. The van der Waals surface area contributed by atoms with Gasteiger partial charge >= 0.3 is 0 Å². The minimum Gasteiger partial charge on any atom is -0.494 e. The predicted molar refractivity (Wildman–Crippen MR) is 65.6 cm³/mol. The largest absolute Gasteiger partial charge is 0.494 e. The molecular formula is C13H16N2O2. The van der Waals surface area contributed by atoms with Crippen LogP contribution in [0.3, 0.4) is 0 Å². The number of hydrogen-bond donors (Lipinski definition) is 1. The zero-order valence-electron chi connectivity index (χ0n) is 9.90. The van der Waals surface area contributed by atoms with E-state index in [2.05, 4.69) is 16.4 Å². The number of benzene rings is 1. The van der Waals surface area contributed by atoms with Gasteiger partial charge in [-0.2, -0.15) is 4.99 Å². The summed E-state index contributed by atoms with van der Waals surface area (Å²) in [4.78, 5) is 14.1. The fourth-order valence-electron chi connectivity index (χ4n) is 2.36. The fourth-order valence-corrected chi connectivity index (χ4v) is 2.36. The van der Waals surface area contributed by atoms with Crippen molar-refractivity contribution in [2.24, 2.45) is 4.99 Å². The highest BCUT2D eigenvalue weighted by Crippen LogP contribution is 2.38. The van der Waals surface area contributed by atoms with Gasteiger partial charge in [-0.3, -0.25) is 0 Å². The van der Waals surface area contributed by atoms with Gasteiger partial charge in [-0.1, -0.05) is 12.1 Å². The minimum absolute atomic E-state index is 0.480. The summed E-state index contributed by atoms with van der Waals surface area (Å²) in [6, 6.07) is 5.74. The standard InChI is InChI=1S/C13H16N2O2/c1-17-13-11(10-5-7-14-8-6-10)3-2-4-12(13)15-9-16/h2-4,10,14H,5-8H2,1H3. The van der Waals surface area contributed by atoms with E-state index in [1.165, 1.54) is 0 Å². The van der Waals surface area contributed by atoms with Crippen molar-refractivity contribution in [1.82, 2.24) is 5.32 Å². The van der Waals surface area contributed by atoms with Gasteiger partial charge < -0.3 is 10.1 Å². The Bertz CT molecular complexity index is 433. The Morgan fingerprint density at radius 3 is 2.82 bits per heavy atom. The second-order valence-corrected chi connectivity index (χ2v) is 4.13. The summed E-state index contributed by atoms with van der Waals surface area (Å²) >= 11 is 0. The highest BCUT2D eigenvalue weighted by molar-refractivity contribution is 5.61. The Kier molecular flexibility index (Phi) is 3.91. The quantitative estimate of drug-likeness (QED) is 0.641. The first-order valence-corrected chi connectivity index (χ1v) is 5.82. The Balaban J connectivity index is 2.37. The van der Waals surface area contributed by atoms with Crippen LogP contribution in [0, 0.1) is 0 Å². The van der Waals surface area contributed by atoms with Gasteiger partial charge in [0.2, 0.25) is 6.08 Å². The Morgan fingerprint density at radius 2 is 2.18 bits per heavy atom. The van der Waals surface area contributed by atoms with Crippen molar-refractivity contribution in [3.8, 4) is 5.75 Å². The molecule has 90 valence electrons. The maximum atomic E-state index is 10.4. The van der Waals surface area contributed by atoms with E-state index >= 15 is 0 Å². The fraction of sp³-hybridized carbons (Fsp3) is 0.462. The van der Waals surface area contributed by atoms with E-state index in [-0.39, 0.29) is 0 Å². The molecule has 4 heteroatoms. The number of carbonyl (C=O) groups excluding carboxylic acids is 1. The normalized spacial score (nSPS) is 16.3. The number of isocyanates is 1. The van der Waals surface area contributed by atoms with E-state index < -0.39 is 0 Å². The molecule has 1 aromatic carbocycles. The first-order chi connectivity index (χ1) is 8.36. The molecule has 1 N–H and O–H groups in total. The number of ether oxygens (including phenoxy) is 1. The maximum Gasteiger partial charge on any atom is 0.240 e. The zero-order chi connectivity index (χ0) is 12.1. The summed E-state index contributed by atoms with van der Waals surface area (Å²) in [5.74, 6) is 1.19. The lowest BCUT2D eigenvalue weighted by Gasteiger charge is -2.24. The molecule has 0 amide bonds. The van der Waals surface area contributed by atoms with Gasteiger partial charge in [-0.15, -0.1) is 0 Å². The summed E-state index contributed by atoms with van der Waals surface area (Å²) in [5, 5.41) is 3.34. The van der Waals surface area contributed by atoms with Gasteiger partial charge in [0.1, 0.15) is 11.4 Å². The molecule has 1 aromatic rings. The summed E-state index contributed by atoms with van der Waals surface area (Å²) in [6.07, 6.45) is 3.75. The van der Waals surface area contributed by atoms with Crippen molar-refractivity contribution in [3.63, 3.8) is 0 Å². The van der Waals surface area contributed by atoms with Crippen LogP contribution in [0.5, 0.6) is 5.75 Å². The highest BCUT2D eigenvalue weighted by Gasteiger charge is 2.20. The smallest absolute Gasteiger partial charge is 0.240 e. The van der Waals surface area contributed by atoms with Crippen LogP contribution < -0.4 is 10.1 Å². The van der Waals surface area contributed by atoms with Crippen molar-refractivity contribution in [1.29, 1.82) is 0 Å². The van der Waals surface area contributed by atoms with E-state index in [0.717, 1.165) is 31.5 Å². The number of methoxy groups -OCH3 is 1. The molecule has 0 atom stereocenters. The van der Waals surface area contributed by atoms with Crippen LogP contribution in [-0.2, 0) is 4.79 Å². The van der Waals surface area contributed by atoms with E-state index in [9.17, 15) is 4.79 Å². The van der Waals surface area contributed by atoms with E-state index in [1.54, 1.807) is 19.3 Å². The number of rotatable bonds is 3. The van der Waals surface area contributed by atoms with Crippen molar-refractivity contribution in [3.05, 3.63) is 23.8 Å². The van der Waals surface area contributed by atoms with E-state index in [1.807, 2.05) is 6.07 Å². The van der Waals surface area contributed by atoms with Crippen molar-refractivity contribution < 1.29 is 9.53 Å². The van der Waals surface area contributed by atoms with Crippen molar-refractivity contribution >= 4 is 11.8 Å². The molecule has 1 fully saturated rings. The van der Waals surface area contributed by atoms with Crippen LogP contribution in [0.4, 0.5) is 5.69 Å². The van der Waals surface area contributed by atoms with Crippen molar-refractivity contribution in [2.45, 2.75) is 18.8 Å². The molecule has 17 heavy (non-hydrogen) atoms. The number of piperidine rings is 1. The number of nitrogens with one attached hydrogen (secondary N) is 1. The van der Waals surface area contributed by atoms with Crippen LogP contribution in [0.15, 0.2) is 23.2 Å². The van der Waals surface area contributed by atoms with Crippen LogP contribution in [-0.4, -0.2) is 26.3 Å². The molecule has 1 aliphatic heterocycles. The van der Waals surface area contributed by atoms with Gasteiger partial charge in [-0.25, -0.2) is 4.79 Å². The molecule has 2 rings (SSSR count). The molecule has 1 aliphatic rings. The SMILES string of the molecule is COc1c(N=C=O)cccc1C1CCNCC1. The second kappa shape index (κ2) is 5.62. The monoisotopic (exact) mass is 232 g/mol. The zero-order valence-corrected chi connectivity index (χ0v) is 9.90. The predicted octanol–water partition coefficient (Wildman–Crippen LogP) is 2.13. The maximum absolute atomic E-state index is 10.4. The van der Waals surface area contributed by atoms with Crippen LogP contribution in [0.2, 0.25) is 0 Å². The number of hydrogen-bond acceptors (Lipinski definition) is 4. The molecule has 4 nitrogen and oxygen atoms in total. The van der Waals surface area contributed by atoms with Crippen molar-refractivity contribution in [2.75, 3.05) is 20.2 Å². The summed E-state index contributed by atoms with van der Waals surface area (Å²) in [5.41, 5.74) is 1.71. The first-order valence-electron chi connectivity index (χ1n) is 5.82. The van der Waals surface area contributed by atoms with Crippen LogP contribution in [0.1, 0.15) is 24.3 Å². The van der Waals surface area contributed by atoms with Gasteiger partial charge in [0.05, 0.1) is 7.11 Å². The third-order valence-electron chi connectivity index (χ3n) is 3.17. The molecule has 0 radical (unpaired) electrons. The lowest BCUT2D eigenvalue weighted by atomic mass is 9.89. The van der Waals surface area contributed by atoms with Gasteiger partial charge in [0.15, 0.2) is 0 Å². The van der Waals surface area contributed by atoms with Crippen LogP contribution in [0.25, 0.3) is 0 Å². The summed E-state index contributed by atoms with van der Waals surface area (Å²) in [6.45, 7) is 2.05. The number of aliphatic imine (C=N–C) groups is 1. The molecule has 0 unspecified atom stereocenters. The van der Waals surface area contributed by atoms with Gasteiger partial charge in [0.25, 0.3) is 0 Å². The van der Waals surface area contributed by atoms with E-state index in [0.29, 0.717) is 17.4 Å². The molecule has 0 aromatic heterocycles. The number of para-hydroxylation sites is 1. The topological polar surface area (TPSA) is 50.7 Å². The Labute approximate surface area is 101 Å². The third kappa shape index (κ3) is 2.54. The summed E-state index contributed by atoms with van der Waals surface area (Å²) in [7, 11) is 1.61. The average Bonchev–Trinajstić information content (AvgIpc) is 2.40. The number of nitrogens with zero attached hydrogens (tertiary/aromatic N) is 1. The first kappa shape index (κ1) is 11.8. The molecule has 1 heterocycles. The molecular weight excluding hydrogens is 216 g/mol. The third-order valence-corrected chi connectivity index (χ3v) is 3.17. The Morgan fingerprint density at radius 1 is 1.41 bits per heavy atom. The van der Waals surface area contributed by atoms with Gasteiger partial charge in [0, 0.05) is 0 Å². The summed E-state index contributed by atoms with van der Waals surface area (Å²) < 4.78 is 5.39. The Hall–Kier alpha value is -1.64. The van der Waals surface area contributed by atoms with Crippen LogP contribution >= 0.6 is 0 Å². The lowest BCUT2D eigenvalue weighted by Crippen LogP contribution is -2.26. The van der Waals surface area contributed by atoms with Gasteiger partial charge in [-0.05, 0) is 43.5 Å². The van der Waals surface area contributed by atoms with E-state index in [4.69, 9.17) is 4.74 Å². The molecule has 0 aliphatic carbocycles. The lowest BCUT2D eigenvalue weighted by molar-refractivity contribution is 0.393. The molecule has 1 saturated heterocycles. The molecule has 0 spiro atoms. The second-order valence-electron chi connectivity index (χ2n) is 4.13. The average molecular weight is 232 g/mol. The molecule has 0 saturated carbocycles. The minimum atomic E-state index is 0.480.